The maximum absolute atomic E-state index is 6.42. The van der Waals surface area contributed by atoms with E-state index >= 15 is 0 Å². The zero-order valence-corrected chi connectivity index (χ0v) is 14.1. The lowest BCUT2D eigenvalue weighted by Gasteiger charge is -2.27. The summed E-state index contributed by atoms with van der Waals surface area (Å²) in [6.07, 6.45) is 1.12. The quantitative estimate of drug-likeness (QED) is 0.834. The van der Waals surface area contributed by atoms with Gasteiger partial charge in [-0.2, -0.15) is 0 Å². The van der Waals surface area contributed by atoms with E-state index in [0.717, 1.165) is 41.2 Å². The fraction of sp³-hybridized carbons (Fsp3) is 0.294. The highest BCUT2D eigenvalue weighted by Gasteiger charge is 2.20. The minimum Gasteiger partial charge on any atom is -0.368 e. The number of halogens is 2. The second-order valence-corrected chi connectivity index (χ2v) is 6.64. The van der Waals surface area contributed by atoms with E-state index in [4.69, 9.17) is 11.6 Å². The van der Waals surface area contributed by atoms with Gasteiger partial charge >= 0.3 is 0 Å². The van der Waals surface area contributed by atoms with E-state index in [1.54, 1.807) is 0 Å². The van der Waals surface area contributed by atoms with Crippen molar-refractivity contribution in [2.24, 2.45) is 0 Å². The van der Waals surface area contributed by atoms with Crippen LogP contribution in [0.3, 0.4) is 0 Å². The normalized spacial score (nSPS) is 19.3. The van der Waals surface area contributed by atoms with Crippen LogP contribution in [0.15, 0.2) is 53.0 Å². The summed E-state index contributed by atoms with van der Waals surface area (Å²) in [7, 11) is 0. The highest BCUT2D eigenvalue weighted by molar-refractivity contribution is 9.10. The van der Waals surface area contributed by atoms with Crippen molar-refractivity contribution in [3.8, 4) is 0 Å². The first-order valence-corrected chi connectivity index (χ1v) is 8.39. The molecule has 0 spiro atoms. The van der Waals surface area contributed by atoms with Gasteiger partial charge in [0.1, 0.15) is 0 Å². The summed E-state index contributed by atoms with van der Waals surface area (Å²) in [6.45, 7) is 2.99. The Labute approximate surface area is 139 Å². The van der Waals surface area contributed by atoms with E-state index in [2.05, 4.69) is 68.6 Å². The molecule has 0 amide bonds. The number of hydrogen-bond acceptors (Lipinski definition) is 2. The molecule has 110 valence electrons. The Hall–Kier alpha value is -1.03. The van der Waals surface area contributed by atoms with Crippen molar-refractivity contribution in [1.29, 1.82) is 0 Å². The average Bonchev–Trinajstić information content (AvgIpc) is 2.74. The summed E-state index contributed by atoms with van der Waals surface area (Å²) in [5, 5.41) is 4.44. The van der Waals surface area contributed by atoms with Crippen molar-refractivity contribution < 1.29 is 0 Å². The molecule has 0 aromatic heterocycles. The van der Waals surface area contributed by atoms with Crippen LogP contribution in [-0.2, 0) is 0 Å². The standard InChI is InChI=1S/C17H18BrClN2/c18-14-7-8-17(15(19)11-14)21-10-4-9-20-16(12-21)13-5-2-1-3-6-13/h1-3,5-8,11,16,20H,4,9-10,12H2. The Bertz CT molecular complexity index is 603. The third-order valence-corrected chi connectivity index (χ3v) is 4.65. The van der Waals surface area contributed by atoms with E-state index < -0.39 is 0 Å². The second-order valence-electron chi connectivity index (χ2n) is 5.31. The molecule has 1 aliphatic rings. The summed E-state index contributed by atoms with van der Waals surface area (Å²) in [4.78, 5) is 2.38. The molecule has 1 unspecified atom stereocenters. The fourth-order valence-corrected chi connectivity index (χ4v) is 3.58. The molecule has 2 nitrogen and oxygen atoms in total. The highest BCUT2D eigenvalue weighted by Crippen LogP contribution is 2.31. The molecule has 0 saturated carbocycles. The van der Waals surface area contributed by atoms with Crippen molar-refractivity contribution in [3.63, 3.8) is 0 Å². The Kier molecular flexibility index (Phi) is 4.84. The molecule has 1 N–H and O–H groups in total. The Morgan fingerprint density at radius 3 is 2.71 bits per heavy atom. The lowest BCUT2D eigenvalue weighted by atomic mass is 10.1. The maximum atomic E-state index is 6.42. The monoisotopic (exact) mass is 364 g/mol. The van der Waals surface area contributed by atoms with E-state index in [1.165, 1.54) is 5.56 Å². The van der Waals surface area contributed by atoms with Crippen LogP contribution in [0.1, 0.15) is 18.0 Å². The first kappa shape index (κ1) is 14.9. The van der Waals surface area contributed by atoms with Gasteiger partial charge in [0.25, 0.3) is 0 Å². The Balaban J connectivity index is 1.85. The van der Waals surface area contributed by atoms with Gasteiger partial charge in [0.15, 0.2) is 0 Å². The summed E-state index contributed by atoms with van der Waals surface area (Å²) >= 11 is 9.89. The molecule has 21 heavy (non-hydrogen) atoms. The van der Waals surface area contributed by atoms with Crippen LogP contribution in [0.4, 0.5) is 5.69 Å². The first-order chi connectivity index (χ1) is 10.2. The van der Waals surface area contributed by atoms with Gasteiger partial charge in [0, 0.05) is 23.6 Å². The molecule has 1 heterocycles. The first-order valence-electron chi connectivity index (χ1n) is 7.22. The van der Waals surface area contributed by atoms with Gasteiger partial charge in [0.2, 0.25) is 0 Å². The zero-order chi connectivity index (χ0) is 14.7. The molecule has 1 fully saturated rings. The minimum atomic E-state index is 0.341. The molecule has 1 aliphatic heterocycles. The van der Waals surface area contributed by atoms with Crippen LogP contribution < -0.4 is 10.2 Å². The topological polar surface area (TPSA) is 15.3 Å². The van der Waals surface area contributed by atoms with Crippen LogP contribution in [0.5, 0.6) is 0 Å². The molecule has 1 atom stereocenters. The average molecular weight is 366 g/mol. The largest absolute Gasteiger partial charge is 0.368 e. The Morgan fingerprint density at radius 1 is 1.14 bits per heavy atom. The van der Waals surface area contributed by atoms with Crippen molar-refractivity contribution in [2.45, 2.75) is 12.5 Å². The number of hydrogen-bond donors (Lipinski definition) is 1. The second kappa shape index (κ2) is 6.82. The van der Waals surface area contributed by atoms with E-state index in [0.29, 0.717) is 6.04 Å². The molecule has 0 aliphatic carbocycles. The van der Waals surface area contributed by atoms with Gasteiger partial charge in [-0.1, -0.05) is 57.9 Å². The summed E-state index contributed by atoms with van der Waals surface area (Å²) in [5.74, 6) is 0. The van der Waals surface area contributed by atoms with Crippen LogP contribution in [-0.4, -0.2) is 19.6 Å². The molecular weight excluding hydrogens is 348 g/mol. The molecular formula is C17H18BrClN2. The number of nitrogens with one attached hydrogen (secondary N) is 1. The van der Waals surface area contributed by atoms with Crippen molar-refractivity contribution in [1.82, 2.24) is 5.32 Å². The SMILES string of the molecule is Clc1cc(Br)ccc1N1CCCNC(c2ccccc2)C1. The van der Waals surface area contributed by atoms with E-state index in [9.17, 15) is 0 Å². The van der Waals surface area contributed by atoms with Gasteiger partial charge in [-0.25, -0.2) is 0 Å². The number of anilines is 1. The number of benzene rings is 2. The van der Waals surface area contributed by atoms with Gasteiger partial charge in [-0.15, -0.1) is 0 Å². The molecule has 2 aromatic rings. The predicted octanol–water partition coefficient (Wildman–Crippen LogP) is 4.64. The summed E-state index contributed by atoms with van der Waals surface area (Å²) in [5.41, 5.74) is 2.45. The fourth-order valence-electron chi connectivity index (χ4n) is 2.79. The molecule has 0 radical (unpaired) electrons. The van der Waals surface area contributed by atoms with Gasteiger partial charge in [-0.3, -0.25) is 0 Å². The zero-order valence-electron chi connectivity index (χ0n) is 11.7. The molecule has 0 bridgehead atoms. The maximum Gasteiger partial charge on any atom is 0.0650 e. The lowest BCUT2D eigenvalue weighted by Crippen LogP contribution is -2.31. The Morgan fingerprint density at radius 2 is 1.95 bits per heavy atom. The van der Waals surface area contributed by atoms with Gasteiger partial charge < -0.3 is 10.2 Å². The van der Waals surface area contributed by atoms with Crippen molar-refractivity contribution >= 4 is 33.2 Å². The third kappa shape index (κ3) is 3.60. The van der Waals surface area contributed by atoms with E-state index in [1.807, 2.05) is 6.07 Å². The van der Waals surface area contributed by atoms with Crippen LogP contribution in [0.2, 0.25) is 5.02 Å². The predicted molar refractivity (Wildman–Crippen MR) is 93.2 cm³/mol. The minimum absolute atomic E-state index is 0.341. The van der Waals surface area contributed by atoms with Crippen molar-refractivity contribution in [3.05, 3.63) is 63.6 Å². The van der Waals surface area contributed by atoms with Crippen LogP contribution in [0.25, 0.3) is 0 Å². The van der Waals surface area contributed by atoms with Crippen LogP contribution in [0, 0.1) is 0 Å². The smallest absolute Gasteiger partial charge is 0.0650 e. The molecule has 2 aromatic carbocycles. The number of nitrogens with zero attached hydrogens (tertiary/aromatic N) is 1. The number of rotatable bonds is 2. The van der Waals surface area contributed by atoms with Gasteiger partial charge in [-0.05, 0) is 36.7 Å². The molecule has 1 saturated heterocycles. The highest BCUT2D eigenvalue weighted by atomic mass is 79.9. The summed E-state index contributed by atoms with van der Waals surface area (Å²) < 4.78 is 1.02. The molecule has 3 rings (SSSR count). The lowest BCUT2D eigenvalue weighted by molar-refractivity contribution is 0.570. The van der Waals surface area contributed by atoms with E-state index in [-0.39, 0.29) is 0 Å². The van der Waals surface area contributed by atoms with Crippen molar-refractivity contribution in [2.75, 3.05) is 24.5 Å². The van der Waals surface area contributed by atoms with Gasteiger partial charge in [0.05, 0.1) is 10.7 Å². The molecule has 4 heteroatoms. The summed E-state index contributed by atoms with van der Waals surface area (Å²) in [6, 6.07) is 17.1. The van der Waals surface area contributed by atoms with Crippen LogP contribution >= 0.6 is 27.5 Å². The third-order valence-electron chi connectivity index (χ3n) is 3.85.